The third-order valence-electron chi connectivity index (χ3n) is 1.97. The predicted octanol–water partition coefficient (Wildman–Crippen LogP) is 3.07. The Bertz CT molecular complexity index is 469. The molecule has 6 nitrogen and oxygen atoms in total. The Morgan fingerprint density at radius 2 is 1.84 bits per heavy atom. The fraction of sp³-hybridized carbons (Fsp3) is 0.385. The van der Waals surface area contributed by atoms with Crippen LogP contribution in [0.1, 0.15) is 26.3 Å². The first kappa shape index (κ1) is 14.8. The van der Waals surface area contributed by atoms with Crippen LogP contribution in [0.2, 0.25) is 0 Å². The van der Waals surface area contributed by atoms with Gasteiger partial charge in [-0.1, -0.05) is 35.4 Å². The number of esters is 1. The van der Waals surface area contributed by atoms with Crippen molar-refractivity contribution >= 4 is 12.1 Å². The fourth-order valence-corrected chi connectivity index (χ4v) is 1.28. The molecule has 102 valence electrons. The fourth-order valence-electron chi connectivity index (χ4n) is 1.28. The number of carbonyl (C=O) groups is 2. The van der Waals surface area contributed by atoms with E-state index in [-0.39, 0.29) is 6.61 Å². The lowest BCUT2D eigenvalue weighted by molar-refractivity contribution is -0.153. The summed E-state index contributed by atoms with van der Waals surface area (Å²) in [4.78, 5) is 22.1. The molecule has 0 spiro atoms. The summed E-state index contributed by atoms with van der Waals surface area (Å²) < 4.78 is 9.73. The van der Waals surface area contributed by atoms with Crippen molar-refractivity contribution in [1.82, 2.24) is 0 Å². The van der Waals surface area contributed by atoms with Gasteiger partial charge in [-0.05, 0) is 19.4 Å². The molecule has 0 aliphatic heterocycles. The molecule has 0 heterocycles. The highest BCUT2D eigenvalue weighted by atomic mass is 16.6. The second-order valence-electron chi connectivity index (χ2n) is 4.28. The first-order valence-corrected chi connectivity index (χ1v) is 5.72. The minimum Gasteiger partial charge on any atom is -0.442 e. The Morgan fingerprint density at radius 1 is 1.21 bits per heavy atom. The Hall–Kier alpha value is -2.24. The van der Waals surface area contributed by atoms with Gasteiger partial charge in [-0.3, -0.25) is 4.79 Å². The molecule has 1 rings (SSSR count). The largest absolute Gasteiger partial charge is 0.452 e. The summed E-state index contributed by atoms with van der Waals surface area (Å²) in [5, 5.41) is 6.97. The van der Waals surface area contributed by atoms with Gasteiger partial charge < -0.3 is 9.47 Å². The zero-order chi connectivity index (χ0) is 14.3. The number of amides is 1. The monoisotopic (exact) mass is 264 g/mol. The van der Waals surface area contributed by atoms with Gasteiger partial charge in [0.1, 0.15) is 6.61 Å². The molecule has 0 atom stereocenters. The quantitative estimate of drug-likeness (QED) is 0.618. The second-order valence-corrected chi connectivity index (χ2v) is 4.28. The first-order valence-electron chi connectivity index (χ1n) is 5.72. The summed E-state index contributed by atoms with van der Waals surface area (Å²) >= 11 is 0. The highest BCUT2D eigenvalue weighted by Crippen LogP contribution is 2.12. The summed E-state index contributed by atoms with van der Waals surface area (Å²) in [5.74, 6) is -0.499. The molecule has 0 aromatic heterocycles. The van der Waals surface area contributed by atoms with Crippen LogP contribution in [0.4, 0.5) is 4.79 Å². The van der Waals surface area contributed by atoms with Crippen LogP contribution >= 0.6 is 0 Å². The molecule has 0 fully saturated rings. The lowest BCUT2D eigenvalue weighted by Crippen LogP contribution is -2.24. The van der Waals surface area contributed by atoms with E-state index in [1.54, 1.807) is 0 Å². The summed E-state index contributed by atoms with van der Waals surface area (Å²) in [7, 11) is 0. The van der Waals surface area contributed by atoms with Crippen molar-refractivity contribution in [3.05, 3.63) is 35.9 Å². The Morgan fingerprint density at radius 3 is 2.42 bits per heavy atom. The molecule has 0 bridgehead atoms. The Kier molecular flexibility index (Phi) is 5.17. The molecule has 0 N–H and O–H groups in total. The maximum absolute atomic E-state index is 11.3. The first-order chi connectivity index (χ1) is 8.89. The average Bonchev–Trinajstić information content (AvgIpc) is 2.34. The molecule has 0 aliphatic carbocycles. The van der Waals surface area contributed by atoms with Gasteiger partial charge >= 0.3 is 12.1 Å². The van der Waals surface area contributed by atoms with Crippen molar-refractivity contribution in [3.8, 4) is 0 Å². The lowest BCUT2D eigenvalue weighted by Gasteiger charge is -2.16. The van der Waals surface area contributed by atoms with Crippen molar-refractivity contribution < 1.29 is 19.1 Å². The van der Waals surface area contributed by atoms with E-state index in [1.807, 2.05) is 30.3 Å². The summed E-state index contributed by atoms with van der Waals surface area (Å²) in [5.41, 5.74) is -0.331. The van der Waals surface area contributed by atoms with Crippen LogP contribution in [0.5, 0.6) is 0 Å². The lowest BCUT2D eigenvalue weighted by atomic mass is 10.2. The van der Waals surface area contributed by atoms with E-state index in [0.717, 1.165) is 5.56 Å². The molecule has 0 saturated heterocycles. The van der Waals surface area contributed by atoms with Gasteiger partial charge in [0, 0.05) is 6.92 Å². The maximum atomic E-state index is 11.3. The van der Waals surface area contributed by atoms with Crippen LogP contribution in [0.25, 0.3) is 0 Å². The minimum absolute atomic E-state index is 0.118. The number of azo groups is 1. The van der Waals surface area contributed by atoms with E-state index in [2.05, 4.69) is 10.2 Å². The van der Waals surface area contributed by atoms with Crippen molar-refractivity contribution in [2.24, 2.45) is 10.2 Å². The van der Waals surface area contributed by atoms with Gasteiger partial charge in [0.2, 0.25) is 5.72 Å². The normalized spacial score (nSPS) is 11.3. The predicted molar refractivity (Wildman–Crippen MR) is 67.3 cm³/mol. The maximum Gasteiger partial charge on any atom is 0.452 e. The zero-order valence-corrected chi connectivity index (χ0v) is 11.1. The van der Waals surface area contributed by atoms with Gasteiger partial charge in [-0.25, -0.2) is 4.79 Å². The molecule has 1 aromatic carbocycles. The van der Waals surface area contributed by atoms with Gasteiger partial charge in [-0.15, -0.1) is 5.11 Å². The van der Waals surface area contributed by atoms with E-state index in [4.69, 9.17) is 9.47 Å². The molecule has 19 heavy (non-hydrogen) atoms. The SMILES string of the molecule is CC(=O)OC(C)(C)/N=N/C(=O)OCc1ccccc1. The molecular formula is C13H16N2O4. The number of carbonyl (C=O) groups excluding carboxylic acids is 2. The van der Waals surface area contributed by atoms with Crippen LogP contribution in [-0.4, -0.2) is 17.8 Å². The van der Waals surface area contributed by atoms with Gasteiger partial charge in [0.25, 0.3) is 0 Å². The molecule has 1 aromatic rings. The third-order valence-corrected chi connectivity index (χ3v) is 1.97. The number of ether oxygens (including phenoxy) is 2. The molecule has 6 heteroatoms. The summed E-state index contributed by atoms with van der Waals surface area (Å²) in [6.45, 7) is 4.41. The Balaban J connectivity index is 2.45. The molecular weight excluding hydrogens is 248 g/mol. The Labute approximate surface area is 111 Å². The summed E-state index contributed by atoms with van der Waals surface area (Å²) in [6, 6.07) is 9.20. The van der Waals surface area contributed by atoms with Crippen LogP contribution in [-0.2, 0) is 20.9 Å². The topological polar surface area (TPSA) is 77.3 Å². The number of hydrogen-bond acceptors (Lipinski definition) is 5. The molecule has 0 aliphatic rings. The average molecular weight is 264 g/mol. The van der Waals surface area contributed by atoms with Crippen molar-refractivity contribution in [3.63, 3.8) is 0 Å². The smallest absolute Gasteiger partial charge is 0.442 e. The van der Waals surface area contributed by atoms with Gasteiger partial charge in [-0.2, -0.15) is 0 Å². The molecule has 0 saturated carbocycles. The molecule has 0 unspecified atom stereocenters. The highest BCUT2D eigenvalue weighted by Gasteiger charge is 2.20. The number of nitrogens with zero attached hydrogens (tertiary/aromatic N) is 2. The summed E-state index contributed by atoms with van der Waals surface area (Å²) in [6.07, 6.45) is -0.830. The van der Waals surface area contributed by atoms with E-state index in [9.17, 15) is 9.59 Å². The number of rotatable bonds is 4. The third kappa shape index (κ3) is 6.30. The second kappa shape index (κ2) is 6.63. The van der Waals surface area contributed by atoms with Crippen molar-refractivity contribution in [2.45, 2.75) is 33.1 Å². The van der Waals surface area contributed by atoms with Crippen molar-refractivity contribution in [1.29, 1.82) is 0 Å². The minimum atomic E-state index is -1.18. The van der Waals surface area contributed by atoms with Crippen LogP contribution in [0.15, 0.2) is 40.6 Å². The molecule has 1 amide bonds. The van der Waals surface area contributed by atoms with E-state index < -0.39 is 17.8 Å². The van der Waals surface area contributed by atoms with E-state index in [0.29, 0.717) is 0 Å². The number of benzene rings is 1. The van der Waals surface area contributed by atoms with Crippen LogP contribution in [0.3, 0.4) is 0 Å². The highest BCUT2D eigenvalue weighted by molar-refractivity contribution is 5.68. The van der Waals surface area contributed by atoms with E-state index in [1.165, 1.54) is 20.8 Å². The zero-order valence-electron chi connectivity index (χ0n) is 11.1. The van der Waals surface area contributed by atoms with Gasteiger partial charge in [0.05, 0.1) is 0 Å². The van der Waals surface area contributed by atoms with Crippen LogP contribution in [0, 0.1) is 0 Å². The van der Waals surface area contributed by atoms with Gasteiger partial charge in [0.15, 0.2) is 0 Å². The van der Waals surface area contributed by atoms with E-state index >= 15 is 0 Å². The van der Waals surface area contributed by atoms with Crippen LogP contribution < -0.4 is 0 Å². The number of hydrogen-bond donors (Lipinski definition) is 0. The molecule has 0 radical (unpaired) electrons. The van der Waals surface area contributed by atoms with Crippen molar-refractivity contribution in [2.75, 3.05) is 0 Å². The standard InChI is InChI=1S/C13H16N2O4/c1-10(16)19-13(2,3)15-14-12(17)18-9-11-7-5-4-6-8-11/h4-8H,9H2,1-3H3/b15-14+.